The maximum absolute atomic E-state index is 12.8. The minimum atomic E-state index is -0.859. The molecule has 1 N–H and O–H groups in total. The maximum Gasteiger partial charge on any atom is 0.346 e. The van der Waals surface area contributed by atoms with E-state index in [9.17, 15) is 25.0 Å². The van der Waals surface area contributed by atoms with Crippen molar-refractivity contribution < 1.29 is 24.1 Å². The summed E-state index contributed by atoms with van der Waals surface area (Å²) in [7, 11) is 3.12. The third-order valence-electron chi connectivity index (χ3n) is 5.55. The molecule has 3 rings (SSSR count). The van der Waals surface area contributed by atoms with Gasteiger partial charge in [-0.1, -0.05) is 18.9 Å². The monoisotopic (exact) mass is 429 g/mol. The van der Waals surface area contributed by atoms with Crippen LogP contribution in [0.5, 0.6) is 11.5 Å². The van der Waals surface area contributed by atoms with Crippen LogP contribution in [-0.2, 0) is 0 Å². The summed E-state index contributed by atoms with van der Waals surface area (Å²) in [6.45, 7) is 0. The van der Waals surface area contributed by atoms with Crippen molar-refractivity contribution in [3.8, 4) is 11.5 Å². The first-order valence-electron chi connectivity index (χ1n) is 9.81. The predicted molar refractivity (Wildman–Crippen MR) is 112 cm³/mol. The molecule has 0 bridgehead atoms. The molecule has 1 aliphatic rings. The minimum absolute atomic E-state index is 0.00827. The number of benzene rings is 2. The van der Waals surface area contributed by atoms with Crippen molar-refractivity contribution >= 4 is 17.3 Å². The van der Waals surface area contributed by atoms with Crippen molar-refractivity contribution in [2.45, 2.75) is 37.6 Å². The molecular weight excluding hydrogens is 406 g/mol. The molecular formula is C21H23N3O7. The van der Waals surface area contributed by atoms with E-state index in [-0.39, 0.29) is 17.5 Å². The van der Waals surface area contributed by atoms with Crippen LogP contribution in [-0.4, -0.2) is 36.0 Å². The van der Waals surface area contributed by atoms with E-state index in [0.29, 0.717) is 11.5 Å². The average Bonchev–Trinajstić information content (AvgIpc) is 2.78. The van der Waals surface area contributed by atoms with Crippen molar-refractivity contribution in [1.29, 1.82) is 0 Å². The molecule has 2 aromatic rings. The SMILES string of the molecule is COc1ccc(C2CCCCC2NC(=O)c2ccc([N+](=O)[O-])c([N+](=O)[O-])c2)cc1OC. The van der Waals surface area contributed by atoms with Crippen LogP contribution in [0.25, 0.3) is 0 Å². The minimum Gasteiger partial charge on any atom is -0.493 e. The van der Waals surface area contributed by atoms with E-state index < -0.39 is 27.1 Å². The van der Waals surface area contributed by atoms with Crippen molar-refractivity contribution in [3.05, 3.63) is 67.8 Å². The Balaban J connectivity index is 1.85. The standard InChI is InChI=1S/C21H23N3O7/c1-30-19-10-8-13(12-20(19)31-2)15-5-3-4-6-16(15)22-21(25)14-7-9-17(23(26)27)18(11-14)24(28)29/h7-12,15-16H,3-6H2,1-2H3,(H,22,25). The van der Waals surface area contributed by atoms with Crippen molar-refractivity contribution in [3.63, 3.8) is 0 Å². The molecule has 164 valence electrons. The molecule has 0 heterocycles. The van der Waals surface area contributed by atoms with E-state index in [0.717, 1.165) is 43.4 Å². The van der Waals surface area contributed by atoms with E-state index in [1.807, 2.05) is 18.2 Å². The van der Waals surface area contributed by atoms with Gasteiger partial charge in [-0.2, -0.15) is 0 Å². The van der Waals surface area contributed by atoms with Gasteiger partial charge in [0.2, 0.25) is 0 Å². The molecule has 1 aliphatic carbocycles. The van der Waals surface area contributed by atoms with Crippen LogP contribution in [0.4, 0.5) is 11.4 Å². The van der Waals surface area contributed by atoms with Gasteiger partial charge >= 0.3 is 11.4 Å². The van der Waals surface area contributed by atoms with Crippen LogP contribution >= 0.6 is 0 Å². The Bertz CT molecular complexity index is 1010. The summed E-state index contributed by atoms with van der Waals surface area (Å²) in [4.78, 5) is 33.3. The third kappa shape index (κ3) is 4.73. The van der Waals surface area contributed by atoms with Crippen molar-refractivity contribution in [1.82, 2.24) is 5.32 Å². The summed E-state index contributed by atoms with van der Waals surface area (Å²) in [5.74, 6) is 0.739. The first kappa shape index (κ1) is 22.0. The number of nitrogens with one attached hydrogen (secondary N) is 1. The number of ether oxygens (including phenoxy) is 2. The quantitative estimate of drug-likeness (QED) is 0.520. The molecule has 1 fully saturated rings. The fourth-order valence-electron chi connectivity index (χ4n) is 4.00. The predicted octanol–water partition coefficient (Wildman–Crippen LogP) is 3.98. The molecule has 10 heteroatoms. The Morgan fingerprint density at radius 3 is 2.26 bits per heavy atom. The molecule has 0 radical (unpaired) electrons. The number of hydrogen-bond acceptors (Lipinski definition) is 7. The Morgan fingerprint density at radius 2 is 1.61 bits per heavy atom. The normalized spacial score (nSPS) is 18.1. The van der Waals surface area contributed by atoms with Gasteiger partial charge < -0.3 is 14.8 Å². The zero-order valence-electron chi connectivity index (χ0n) is 17.2. The zero-order chi connectivity index (χ0) is 22.5. The highest BCUT2D eigenvalue weighted by Gasteiger charge is 2.30. The number of amides is 1. The van der Waals surface area contributed by atoms with Gasteiger partial charge in [0.15, 0.2) is 11.5 Å². The largest absolute Gasteiger partial charge is 0.493 e. The number of rotatable bonds is 7. The van der Waals surface area contributed by atoms with Gasteiger partial charge in [0, 0.05) is 29.7 Å². The lowest BCUT2D eigenvalue weighted by Gasteiger charge is -2.33. The summed E-state index contributed by atoms with van der Waals surface area (Å²) in [5, 5.41) is 25.2. The highest BCUT2D eigenvalue weighted by atomic mass is 16.6. The maximum atomic E-state index is 12.8. The van der Waals surface area contributed by atoms with Gasteiger partial charge in [0.25, 0.3) is 5.91 Å². The first-order chi connectivity index (χ1) is 14.8. The molecule has 2 unspecified atom stereocenters. The second-order valence-electron chi connectivity index (χ2n) is 7.30. The van der Waals surface area contributed by atoms with Gasteiger partial charge in [0.1, 0.15) is 0 Å². The van der Waals surface area contributed by atoms with E-state index in [1.54, 1.807) is 14.2 Å². The Hall–Kier alpha value is -3.69. The molecule has 0 spiro atoms. The summed E-state index contributed by atoms with van der Waals surface area (Å²) in [6.07, 6.45) is 3.56. The van der Waals surface area contributed by atoms with E-state index >= 15 is 0 Å². The second-order valence-corrected chi connectivity index (χ2v) is 7.30. The number of methoxy groups -OCH3 is 2. The fourth-order valence-corrected chi connectivity index (χ4v) is 4.00. The lowest BCUT2D eigenvalue weighted by Crippen LogP contribution is -2.41. The molecule has 31 heavy (non-hydrogen) atoms. The number of carbonyl (C=O) groups excluding carboxylic acids is 1. The van der Waals surface area contributed by atoms with Crippen LogP contribution in [0, 0.1) is 20.2 Å². The summed E-state index contributed by atoms with van der Waals surface area (Å²) < 4.78 is 10.7. The number of carbonyl (C=O) groups is 1. The van der Waals surface area contributed by atoms with Crippen molar-refractivity contribution in [2.24, 2.45) is 0 Å². The molecule has 1 amide bonds. The molecule has 0 aliphatic heterocycles. The van der Waals surface area contributed by atoms with Crippen LogP contribution in [0.3, 0.4) is 0 Å². The summed E-state index contributed by atoms with van der Waals surface area (Å²) >= 11 is 0. The molecule has 2 aromatic carbocycles. The Labute approximate surface area is 178 Å². The van der Waals surface area contributed by atoms with Gasteiger partial charge in [-0.25, -0.2) is 0 Å². The fraction of sp³-hybridized carbons (Fsp3) is 0.381. The summed E-state index contributed by atoms with van der Waals surface area (Å²) in [5.41, 5.74) is -0.355. The van der Waals surface area contributed by atoms with E-state index in [2.05, 4.69) is 5.32 Å². The molecule has 0 aromatic heterocycles. The summed E-state index contributed by atoms with van der Waals surface area (Å²) in [6, 6.07) is 8.63. The Morgan fingerprint density at radius 1 is 0.935 bits per heavy atom. The van der Waals surface area contributed by atoms with E-state index in [1.165, 1.54) is 6.07 Å². The van der Waals surface area contributed by atoms with Crippen LogP contribution in [0.15, 0.2) is 36.4 Å². The number of nitro groups is 2. The molecule has 2 atom stereocenters. The lowest BCUT2D eigenvalue weighted by molar-refractivity contribution is -0.422. The molecule has 1 saturated carbocycles. The Kier molecular flexibility index (Phi) is 6.68. The topological polar surface area (TPSA) is 134 Å². The lowest BCUT2D eigenvalue weighted by atomic mass is 9.79. The molecule has 0 saturated heterocycles. The van der Waals surface area contributed by atoms with Gasteiger partial charge in [0.05, 0.1) is 24.1 Å². The number of hydrogen-bond donors (Lipinski definition) is 1. The van der Waals surface area contributed by atoms with Crippen molar-refractivity contribution in [2.75, 3.05) is 14.2 Å². The zero-order valence-corrected chi connectivity index (χ0v) is 17.2. The van der Waals surface area contributed by atoms with E-state index in [4.69, 9.17) is 9.47 Å². The number of nitrogens with zero attached hydrogens (tertiary/aromatic N) is 2. The van der Waals surface area contributed by atoms with Gasteiger partial charge in [-0.05, 0) is 36.6 Å². The smallest absolute Gasteiger partial charge is 0.346 e. The molecule has 10 nitrogen and oxygen atoms in total. The highest BCUT2D eigenvalue weighted by Crippen LogP contribution is 2.38. The highest BCUT2D eigenvalue weighted by molar-refractivity contribution is 5.95. The third-order valence-corrected chi connectivity index (χ3v) is 5.55. The van der Waals surface area contributed by atoms with Crippen LogP contribution < -0.4 is 14.8 Å². The van der Waals surface area contributed by atoms with Gasteiger partial charge in [-0.3, -0.25) is 25.0 Å². The van der Waals surface area contributed by atoms with Gasteiger partial charge in [-0.15, -0.1) is 0 Å². The first-order valence-corrected chi connectivity index (χ1v) is 9.81. The average molecular weight is 429 g/mol. The number of nitro benzene ring substituents is 2. The van der Waals surface area contributed by atoms with Crippen LogP contribution in [0.2, 0.25) is 0 Å². The second kappa shape index (κ2) is 9.41. The van der Waals surface area contributed by atoms with Crippen LogP contribution in [0.1, 0.15) is 47.5 Å².